The lowest BCUT2D eigenvalue weighted by molar-refractivity contribution is 0.0600. The number of sulfonamides is 4. The van der Waals surface area contributed by atoms with Crippen LogP contribution in [0.3, 0.4) is 0 Å². The Hall–Kier alpha value is -7.72. The van der Waals surface area contributed by atoms with Crippen LogP contribution >= 0.6 is 0 Å². The van der Waals surface area contributed by atoms with Gasteiger partial charge in [-0.1, -0.05) is 121 Å². The van der Waals surface area contributed by atoms with Crippen molar-refractivity contribution in [3.63, 3.8) is 0 Å². The molecular formula is C100H136N8O16S4. The topological polar surface area (TPSA) is 280 Å². The zero-order chi connectivity index (χ0) is 91.1. The average Bonchev–Trinajstić information content (AvgIpc) is 0.790. The van der Waals surface area contributed by atoms with Crippen LogP contribution < -0.4 is 19.6 Å². The molecule has 696 valence electrons. The van der Waals surface area contributed by atoms with Gasteiger partial charge in [0.25, 0.3) is 0 Å². The van der Waals surface area contributed by atoms with Crippen LogP contribution in [0.1, 0.15) is 155 Å². The number of nitrogens with zero attached hydrogens (tertiary/aromatic N) is 8. The van der Waals surface area contributed by atoms with Gasteiger partial charge in [-0.2, -0.15) is 17.2 Å². The van der Waals surface area contributed by atoms with Crippen LogP contribution in [0, 0.1) is 23.7 Å². The van der Waals surface area contributed by atoms with Gasteiger partial charge in [-0.15, -0.1) is 0 Å². The van der Waals surface area contributed by atoms with Crippen molar-refractivity contribution in [1.29, 1.82) is 0 Å². The molecule has 0 bridgehead atoms. The second kappa shape index (κ2) is 43.3. The molecule has 8 heterocycles. The molecule has 0 unspecified atom stereocenters. The van der Waals surface area contributed by atoms with Gasteiger partial charge in [-0.25, -0.2) is 33.7 Å². The van der Waals surface area contributed by atoms with E-state index in [9.17, 15) is 54.1 Å². The maximum atomic E-state index is 13.3. The first-order valence-electron chi connectivity index (χ1n) is 45.9. The number of rotatable bonds is 24. The zero-order valence-electron chi connectivity index (χ0n) is 75.9. The van der Waals surface area contributed by atoms with Crippen molar-refractivity contribution in [2.75, 3.05) is 151 Å². The number of aliphatic hydroxyl groups is 4. The molecule has 4 atom stereocenters. The van der Waals surface area contributed by atoms with Gasteiger partial charge in [0.2, 0.25) is 40.1 Å². The van der Waals surface area contributed by atoms with Gasteiger partial charge in [0.05, 0.1) is 42.0 Å². The molecule has 8 fully saturated rings. The Kier molecular flexibility index (Phi) is 33.1. The maximum Gasteiger partial charge on any atom is 0.243 e. The summed E-state index contributed by atoms with van der Waals surface area (Å²) in [6.07, 6.45) is 11.9. The SMILES string of the molecule is CC(C)(O)c1ccc(N2CCN(S(=O)(=O)c3ccccc3)C[C@@H]2CC2CCOCC2)cc1.CC(C)(O)c1ccc(N2CCN(S(=O)(=O)c3ccccc3)C[C@@H]2CC2CCOCC2)cc1.CC(C)(O)c1ccc(N2CCN(S(=O)(=O)c3ccccc3)C[C@H]2CC2CCOCC2)cc1.CC(C)(O)c1ccc(N2CCN(S(=O)(=O)c3ccccc3)C[C@H]2CC2CCOCC2)cc1. The quantitative estimate of drug-likeness (QED) is 0.0437. The summed E-state index contributed by atoms with van der Waals surface area (Å²) in [5.74, 6) is 2.13. The summed E-state index contributed by atoms with van der Waals surface area (Å²) >= 11 is 0. The smallest absolute Gasteiger partial charge is 0.243 e. The summed E-state index contributed by atoms with van der Waals surface area (Å²) in [6.45, 7) is 26.8. The minimum atomic E-state index is -3.52. The van der Waals surface area contributed by atoms with Gasteiger partial charge >= 0.3 is 0 Å². The molecule has 0 saturated carbocycles. The molecule has 16 rings (SSSR count). The van der Waals surface area contributed by atoms with Crippen LogP contribution in [0.4, 0.5) is 22.7 Å². The Morgan fingerprint density at radius 3 is 0.570 bits per heavy atom. The predicted octanol–water partition coefficient (Wildman–Crippen LogP) is 14.4. The fraction of sp³-hybridized carbons (Fsp3) is 0.520. The van der Waals surface area contributed by atoms with E-state index in [0.29, 0.717) is 122 Å². The van der Waals surface area contributed by atoms with Crippen molar-refractivity contribution in [3.8, 4) is 0 Å². The van der Waals surface area contributed by atoms with E-state index in [1.54, 1.807) is 170 Å². The third-order valence-electron chi connectivity index (χ3n) is 26.7. The molecule has 8 aromatic carbocycles. The first kappa shape index (κ1) is 97.8. The summed E-state index contributed by atoms with van der Waals surface area (Å²) in [7, 11) is -14.1. The van der Waals surface area contributed by atoms with E-state index in [-0.39, 0.29) is 24.2 Å². The van der Waals surface area contributed by atoms with E-state index in [2.05, 4.69) is 19.6 Å². The summed E-state index contributed by atoms with van der Waals surface area (Å²) in [4.78, 5) is 10.8. The van der Waals surface area contributed by atoms with Gasteiger partial charge in [0, 0.05) is 178 Å². The molecule has 8 aliphatic heterocycles. The lowest BCUT2D eigenvalue weighted by atomic mass is 9.90. The molecule has 4 N–H and O–H groups in total. The first-order chi connectivity index (χ1) is 61.0. The lowest BCUT2D eigenvalue weighted by Crippen LogP contribution is -2.55. The molecule has 0 amide bonds. The molecule has 0 aromatic heterocycles. The highest BCUT2D eigenvalue weighted by molar-refractivity contribution is 7.90. The number of benzene rings is 8. The summed E-state index contributed by atoms with van der Waals surface area (Å²) in [5.41, 5.74) is 4.23. The van der Waals surface area contributed by atoms with Gasteiger partial charge in [-0.05, 0) is 275 Å². The third kappa shape index (κ3) is 25.6. The van der Waals surface area contributed by atoms with E-state index in [4.69, 9.17) is 18.9 Å². The molecule has 8 aromatic rings. The first-order valence-corrected chi connectivity index (χ1v) is 51.7. The van der Waals surface area contributed by atoms with Crippen molar-refractivity contribution in [2.45, 2.75) is 199 Å². The van der Waals surface area contributed by atoms with E-state index < -0.39 is 62.5 Å². The van der Waals surface area contributed by atoms with Crippen LogP contribution in [0.5, 0.6) is 0 Å². The second-order valence-corrected chi connectivity index (χ2v) is 45.4. The van der Waals surface area contributed by atoms with Crippen LogP contribution in [-0.4, -0.2) is 227 Å². The monoisotopic (exact) mass is 1830 g/mol. The number of ether oxygens (including phenoxy) is 4. The van der Waals surface area contributed by atoms with Gasteiger partial charge in [0.1, 0.15) is 0 Å². The van der Waals surface area contributed by atoms with Crippen LogP contribution in [0.25, 0.3) is 0 Å². The molecule has 28 heteroatoms. The van der Waals surface area contributed by atoms with Crippen LogP contribution in [0.15, 0.2) is 238 Å². The highest BCUT2D eigenvalue weighted by Crippen LogP contribution is 2.39. The van der Waals surface area contributed by atoms with E-state index in [1.807, 2.05) is 121 Å². The van der Waals surface area contributed by atoms with E-state index in [1.165, 1.54) is 0 Å². The molecule has 0 radical (unpaired) electrons. The molecule has 0 aliphatic carbocycles. The zero-order valence-corrected chi connectivity index (χ0v) is 79.2. The van der Waals surface area contributed by atoms with Gasteiger partial charge in [-0.3, -0.25) is 0 Å². The minimum absolute atomic E-state index is 0.0957. The van der Waals surface area contributed by atoms with Crippen LogP contribution in [-0.2, 0) is 81.4 Å². The molecule has 8 saturated heterocycles. The van der Waals surface area contributed by atoms with Crippen molar-refractivity contribution < 1.29 is 73.0 Å². The summed E-state index contributed by atoms with van der Waals surface area (Å²) < 4.78 is 135. The Bertz CT molecular complexity index is 4580. The van der Waals surface area contributed by atoms with Crippen molar-refractivity contribution in [1.82, 2.24) is 17.2 Å². The summed E-state index contributed by atoms with van der Waals surface area (Å²) in [6, 6.07) is 67.4. The average molecular weight is 1830 g/mol. The maximum absolute atomic E-state index is 13.3. The molecular weight excluding hydrogens is 1700 g/mol. The number of hydrogen-bond acceptors (Lipinski definition) is 20. The van der Waals surface area contributed by atoms with Gasteiger partial charge < -0.3 is 59.0 Å². The number of piperazine rings is 4. The normalized spacial score (nSPS) is 21.6. The van der Waals surface area contributed by atoms with Crippen molar-refractivity contribution in [3.05, 3.63) is 241 Å². The molecule has 128 heavy (non-hydrogen) atoms. The van der Waals surface area contributed by atoms with Gasteiger partial charge in [0.15, 0.2) is 0 Å². The number of anilines is 4. The lowest BCUT2D eigenvalue weighted by Gasteiger charge is -2.44. The fourth-order valence-electron chi connectivity index (χ4n) is 19.0. The number of hydrogen-bond donors (Lipinski definition) is 4. The predicted molar refractivity (Wildman–Crippen MR) is 505 cm³/mol. The van der Waals surface area contributed by atoms with E-state index >= 15 is 0 Å². The fourth-order valence-corrected chi connectivity index (χ4v) is 25.0. The largest absolute Gasteiger partial charge is 0.386 e. The standard InChI is InChI=1S/4C25H34N2O4S/c4*1-25(2,28)21-8-10-22(11-9-21)27-15-14-26(32(29,30)24-6-4-3-5-7-24)19-23(27)18-20-12-16-31-17-13-20/h4*3-11,20,23,28H,12-19H2,1-2H3/t4*23-/m1100/s1. The van der Waals surface area contributed by atoms with Crippen molar-refractivity contribution in [2.24, 2.45) is 23.7 Å². The highest BCUT2D eigenvalue weighted by atomic mass is 32.2. The molecule has 24 nitrogen and oxygen atoms in total. The Balaban J connectivity index is 0.000000146. The second-order valence-electron chi connectivity index (χ2n) is 37.7. The minimum Gasteiger partial charge on any atom is -0.386 e. The Morgan fingerprint density at radius 1 is 0.250 bits per heavy atom. The Labute approximate surface area is 762 Å². The Morgan fingerprint density at radius 2 is 0.414 bits per heavy atom. The third-order valence-corrected chi connectivity index (χ3v) is 34.2. The van der Waals surface area contributed by atoms with E-state index in [0.717, 1.165) is 175 Å². The van der Waals surface area contributed by atoms with Crippen molar-refractivity contribution >= 4 is 62.8 Å². The highest BCUT2D eigenvalue weighted by Gasteiger charge is 2.42. The molecule has 8 aliphatic rings. The molecule has 0 spiro atoms. The van der Waals surface area contributed by atoms with Crippen LogP contribution in [0.2, 0.25) is 0 Å². The summed E-state index contributed by atoms with van der Waals surface area (Å²) in [5, 5.41) is 41.2.